The number of morpholine rings is 2. The van der Waals surface area contributed by atoms with Crippen LogP contribution in [0, 0.1) is 0 Å². The molecule has 0 aromatic heterocycles. The highest BCUT2D eigenvalue weighted by molar-refractivity contribution is 6.31. The highest BCUT2D eigenvalue weighted by atomic mass is 35.5. The van der Waals surface area contributed by atoms with Gasteiger partial charge in [0.15, 0.2) is 12.2 Å². The zero-order valence-electron chi connectivity index (χ0n) is 17.6. The fourth-order valence-electron chi connectivity index (χ4n) is 3.42. The maximum atomic E-state index is 13.0. The molecule has 0 aliphatic carbocycles. The van der Waals surface area contributed by atoms with E-state index in [0.717, 1.165) is 18.7 Å². The van der Waals surface area contributed by atoms with Crippen LogP contribution < -0.4 is 4.90 Å². The SMILES string of the molecule is CC(C)(C)OC(=O)C(O)C1OCCN(c2ccc(Cl)c(CN3CCOCC3)c2)C1=O. The summed E-state index contributed by atoms with van der Waals surface area (Å²) in [5.74, 6) is -1.37. The topological polar surface area (TPSA) is 88.5 Å². The number of ether oxygens (including phenoxy) is 3. The predicted octanol–water partition coefficient (Wildman–Crippen LogP) is 1.61. The molecule has 166 valence electrons. The molecule has 1 N–H and O–H groups in total. The molecule has 9 heteroatoms. The summed E-state index contributed by atoms with van der Waals surface area (Å²) in [5, 5.41) is 11.0. The van der Waals surface area contributed by atoms with Crippen LogP contribution in [-0.2, 0) is 30.3 Å². The number of carbonyl (C=O) groups excluding carboxylic acids is 2. The molecule has 2 fully saturated rings. The second-order valence-corrected chi connectivity index (χ2v) is 8.83. The number of anilines is 1. The summed E-state index contributed by atoms with van der Waals surface area (Å²) in [6.07, 6.45) is -3.01. The van der Waals surface area contributed by atoms with Crippen LogP contribution in [0.4, 0.5) is 5.69 Å². The van der Waals surface area contributed by atoms with Crippen molar-refractivity contribution >= 4 is 29.2 Å². The Labute approximate surface area is 181 Å². The van der Waals surface area contributed by atoms with Crippen LogP contribution in [0.5, 0.6) is 0 Å². The van der Waals surface area contributed by atoms with E-state index in [1.54, 1.807) is 32.9 Å². The summed E-state index contributed by atoms with van der Waals surface area (Å²) < 4.78 is 16.0. The van der Waals surface area contributed by atoms with E-state index in [9.17, 15) is 14.7 Å². The molecule has 2 aliphatic rings. The Bertz CT molecular complexity index is 775. The number of aliphatic hydroxyl groups is 1. The van der Waals surface area contributed by atoms with Crippen LogP contribution in [0.25, 0.3) is 0 Å². The predicted molar refractivity (Wildman–Crippen MR) is 111 cm³/mol. The van der Waals surface area contributed by atoms with E-state index < -0.39 is 29.7 Å². The lowest BCUT2D eigenvalue weighted by atomic mass is 10.1. The Morgan fingerprint density at radius 2 is 1.97 bits per heavy atom. The smallest absolute Gasteiger partial charge is 0.338 e. The number of hydrogen-bond donors (Lipinski definition) is 1. The average molecular weight is 441 g/mol. The van der Waals surface area contributed by atoms with Crippen LogP contribution in [0.2, 0.25) is 5.02 Å². The first-order valence-corrected chi connectivity index (χ1v) is 10.5. The summed E-state index contributed by atoms with van der Waals surface area (Å²) in [4.78, 5) is 29.0. The van der Waals surface area contributed by atoms with E-state index in [-0.39, 0.29) is 6.61 Å². The molecule has 0 radical (unpaired) electrons. The minimum Gasteiger partial charge on any atom is -0.458 e. The second-order valence-electron chi connectivity index (χ2n) is 8.42. The zero-order chi connectivity index (χ0) is 21.9. The van der Waals surface area contributed by atoms with Gasteiger partial charge in [0, 0.05) is 36.9 Å². The molecule has 30 heavy (non-hydrogen) atoms. The van der Waals surface area contributed by atoms with Crippen molar-refractivity contribution in [1.82, 2.24) is 4.90 Å². The number of halogens is 1. The van der Waals surface area contributed by atoms with Crippen molar-refractivity contribution in [3.05, 3.63) is 28.8 Å². The lowest BCUT2D eigenvalue weighted by Crippen LogP contribution is -2.55. The first-order chi connectivity index (χ1) is 14.2. The van der Waals surface area contributed by atoms with Crippen LogP contribution in [0.3, 0.4) is 0 Å². The van der Waals surface area contributed by atoms with Gasteiger partial charge in [-0.2, -0.15) is 0 Å². The van der Waals surface area contributed by atoms with Crippen molar-refractivity contribution < 1.29 is 28.9 Å². The van der Waals surface area contributed by atoms with Gasteiger partial charge in [-0.1, -0.05) is 11.6 Å². The van der Waals surface area contributed by atoms with E-state index in [1.165, 1.54) is 4.90 Å². The van der Waals surface area contributed by atoms with Gasteiger partial charge in [0.05, 0.1) is 19.8 Å². The number of hydrogen-bond acceptors (Lipinski definition) is 7. The molecule has 1 aromatic carbocycles. The van der Waals surface area contributed by atoms with Gasteiger partial charge in [-0.15, -0.1) is 0 Å². The molecule has 2 aliphatic heterocycles. The Morgan fingerprint density at radius 1 is 1.27 bits per heavy atom. The van der Waals surface area contributed by atoms with Crippen molar-refractivity contribution in [3.8, 4) is 0 Å². The molecular formula is C21H29ClN2O6. The third-order valence-corrected chi connectivity index (χ3v) is 5.26. The number of rotatable bonds is 5. The summed E-state index contributed by atoms with van der Waals surface area (Å²) in [5.41, 5.74) is 0.775. The molecule has 3 rings (SSSR count). The molecule has 1 amide bonds. The largest absolute Gasteiger partial charge is 0.458 e. The summed E-state index contributed by atoms with van der Waals surface area (Å²) in [6.45, 7) is 9.24. The number of nitrogens with zero attached hydrogens (tertiary/aromatic N) is 2. The van der Waals surface area contributed by atoms with E-state index in [4.69, 9.17) is 25.8 Å². The Morgan fingerprint density at radius 3 is 2.63 bits per heavy atom. The molecule has 1 aromatic rings. The monoisotopic (exact) mass is 440 g/mol. The maximum absolute atomic E-state index is 13.0. The Balaban J connectivity index is 1.74. The van der Waals surface area contributed by atoms with Crippen molar-refractivity contribution in [2.75, 3.05) is 44.4 Å². The van der Waals surface area contributed by atoms with Crippen LogP contribution in [-0.4, -0.2) is 79.1 Å². The molecule has 8 nitrogen and oxygen atoms in total. The molecule has 0 bridgehead atoms. The molecule has 2 saturated heterocycles. The lowest BCUT2D eigenvalue weighted by molar-refractivity contribution is -0.177. The van der Waals surface area contributed by atoms with Crippen molar-refractivity contribution in [3.63, 3.8) is 0 Å². The second kappa shape index (κ2) is 9.62. The van der Waals surface area contributed by atoms with E-state index in [1.807, 2.05) is 6.07 Å². The number of carbonyl (C=O) groups is 2. The fraction of sp³-hybridized carbons (Fsp3) is 0.619. The van der Waals surface area contributed by atoms with Crippen molar-refractivity contribution in [2.45, 2.75) is 45.1 Å². The normalized spacial score (nSPS) is 22.1. The minimum absolute atomic E-state index is 0.192. The summed E-state index contributed by atoms with van der Waals surface area (Å²) in [6, 6.07) is 5.39. The number of amides is 1. The number of esters is 1. The fourth-order valence-corrected chi connectivity index (χ4v) is 3.60. The first kappa shape index (κ1) is 23.0. The minimum atomic E-state index is -1.69. The average Bonchev–Trinajstić information content (AvgIpc) is 2.69. The standard InChI is InChI=1S/C21H29ClN2O6/c1-21(2,3)30-20(27)17(25)18-19(26)24(8-11-29-18)15-4-5-16(22)14(12-15)13-23-6-9-28-10-7-23/h4-5,12,17-18,25H,6-11,13H2,1-3H3. The van der Waals surface area contributed by atoms with Crippen LogP contribution >= 0.6 is 11.6 Å². The van der Waals surface area contributed by atoms with Gasteiger partial charge in [0.25, 0.3) is 5.91 Å². The Hall–Kier alpha value is -1.71. The van der Waals surface area contributed by atoms with Gasteiger partial charge >= 0.3 is 5.97 Å². The highest BCUT2D eigenvalue weighted by Crippen LogP contribution is 2.27. The number of benzene rings is 1. The zero-order valence-corrected chi connectivity index (χ0v) is 18.4. The van der Waals surface area contributed by atoms with E-state index in [0.29, 0.717) is 37.0 Å². The van der Waals surface area contributed by atoms with Gasteiger partial charge in [0.1, 0.15) is 5.60 Å². The molecule has 2 heterocycles. The van der Waals surface area contributed by atoms with Gasteiger partial charge in [-0.05, 0) is 44.5 Å². The third-order valence-electron chi connectivity index (χ3n) is 4.90. The van der Waals surface area contributed by atoms with Crippen LogP contribution in [0.1, 0.15) is 26.3 Å². The molecule has 2 atom stereocenters. The Kier molecular flexibility index (Phi) is 7.36. The molecular weight excluding hydrogens is 412 g/mol. The van der Waals surface area contributed by atoms with Gasteiger partial charge < -0.3 is 24.2 Å². The quantitative estimate of drug-likeness (QED) is 0.696. The molecule has 0 spiro atoms. The highest BCUT2D eigenvalue weighted by Gasteiger charge is 2.41. The summed E-state index contributed by atoms with van der Waals surface area (Å²) >= 11 is 6.39. The van der Waals surface area contributed by atoms with Gasteiger partial charge in [-0.25, -0.2) is 4.79 Å². The summed E-state index contributed by atoms with van der Waals surface area (Å²) in [7, 11) is 0. The number of aliphatic hydroxyl groups excluding tert-OH is 1. The molecule has 0 saturated carbocycles. The van der Waals surface area contributed by atoms with E-state index >= 15 is 0 Å². The van der Waals surface area contributed by atoms with Crippen molar-refractivity contribution in [2.24, 2.45) is 0 Å². The lowest BCUT2D eigenvalue weighted by Gasteiger charge is -2.35. The van der Waals surface area contributed by atoms with E-state index in [2.05, 4.69) is 4.90 Å². The third kappa shape index (κ3) is 5.70. The van der Waals surface area contributed by atoms with Crippen LogP contribution in [0.15, 0.2) is 18.2 Å². The maximum Gasteiger partial charge on any atom is 0.338 e. The van der Waals surface area contributed by atoms with Gasteiger partial charge in [0.2, 0.25) is 0 Å². The van der Waals surface area contributed by atoms with Crippen molar-refractivity contribution in [1.29, 1.82) is 0 Å². The van der Waals surface area contributed by atoms with Gasteiger partial charge in [-0.3, -0.25) is 9.69 Å². The first-order valence-electron chi connectivity index (χ1n) is 10.1. The molecule has 2 unspecified atom stereocenters.